The van der Waals surface area contributed by atoms with Crippen molar-refractivity contribution in [1.29, 1.82) is 0 Å². The van der Waals surface area contributed by atoms with Crippen LogP contribution in [-0.2, 0) is 16.6 Å². The SMILES string of the molecule is COc1ccc(C(=O)NCc2ccccc2O)cc1S(=O)(=O)N1CC(C)CC(C)C1. The number of carbonyl (C=O) groups excluding carboxylic acids is 1. The quantitative estimate of drug-likeness (QED) is 0.732. The van der Waals surface area contributed by atoms with Gasteiger partial charge in [-0.05, 0) is 42.5 Å². The molecule has 2 aromatic carbocycles. The standard InChI is InChI=1S/C22H28N2O5S/c1-15-10-16(2)14-24(13-15)30(27,28)21-11-17(8-9-20(21)29-3)22(26)23-12-18-6-4-5-7-19(18)25/h4-9,11,15-16,25H,10,12-14H2,1-3H3,(H,23,26). The zero-order valence-corrected chi connectivity index (χ0v) is 18.3. The van der Waals surface area contributed by atoms with E-state index < -0.39 is 15.9 Å². The van der Waals surface area contributed by atoms with Crippen LogP contribution in [0, 0.1) is 11.8 Å². The number of phenolic OH excluding ortho intramolecular Hbond substituents is 1. The lowest BCUT2D eigenvalue weighted by Crippen LogP contribution is -2.42. The molecule has 162 valence electrons. The summed E-state index contributed by atoms with van der Waals surface area (Å²) in [6, 6.07) is 11.1. The number of amides is 1. The highest BCUT2D eigenvalue weighted by atomic mass is 32.2. The number of nitrogens with zero attached hydrogens (tertiary/aromatic N) is 1. The molecule has 0 aliphatic carbocycles. The maximum atomic E-state index is 13.3. The summed E-state index contributed by atoms with van der Waals surface area (Å²) in [4.78, 5) is 12.6. The van der Waals surface area contributed by atoms with Gasteiger partial charge < -0.3 is 15.2 Å². The van der Waals surface area contributed by atoms with Gasteiger partial charge >= 0.3 is 0 Å². The van der Waals surface area contributed by atoms with E-state index in [9.17, 15) is 18.3 Å². The summed E-state index contributed by atoms with van der Waals surface area (Å²) < 4.78 is 33.4. The maximum absolute atomic E-state index is 13.3. The number of piperidine rings is 1. The summed E-state index contributed by atoms with van der Waals surface area (Å²) in [5.74, 6) is 0.388. The van der Waals surface area contributed by atoms with Gasteiger partial charge in [-0.25, -0.2) is 8.42 Å². The molecule has 0 bridgehead atoms. The summed E-state index contributed by atoms with van der Waals surface area (Å²) in [6.07, 6.45) is 0.984. The van der Waals surface area contributed by atoms with E-state index in [0.717, 1.165) is 6.42 Å². The Morgan fingerprint density at radius 1 is 1.17 bits per heavy atom. The number of hydrogen-bond acceptors (Lipinski definition) is 5. The molecule has 1 aliphatic heterocycles. The van der Waals surface area contributed by atoms with Crippen molar-refractivity contribution < 1.29 is 23.1 Å². The normalized spacial score (nSPS) is 20.0. The zero-order valence-electron chi connectivity index (χ0n) is 17.5. The first-order chi connectivity index (χ1) is 14.2. The van der Waals surface area contributed by atoms with Crippen molar-refractivity contribution in [3.8, 4) is 11.5 Å². The minimum atomic E-state index is -3.81. The van der Waals surface area contributed by atoms with Gasteiger partial charge in [0.15, 0.2) is 0 Å². The molecular weight excluding hydrogens is 404 g/mol. The van der Waals surface area contributed by atoms with Gasteiger partial charge in [-0.15, -0.1) is 0 Å². The number of benzene rings is 2. The van der Waals surface area contributed by atoms with E-state index >= 15 is 0 Å². The molecule has 30 heavy (non-hydrogen) atoms. The number of hydrogen-bond donors (Lipinski definition) is 2. The topological polar surface area (TPSA) is 95.9 Å². The first kappa shape index (κ1) is 22.1. The third-order valence-electron chi connectivity index (χ3n) is 5.31. The smallest absolute Gasteiger partial charge is 0.251 e. The monoisotopic (exact) mass is 432 g/mol. The van der Waals surface area contributed by atoms with Gasteiger partial charge in [0, 0.05) is 30.8 Å². The van der Waals surface area contributed by atoms with Crippen LogP contribution in [0.15, 0.2) is 47.4 Å². The fourth-order valence-corrected chi connectivity index (χ4v) is 5.76. The van der Waals surface area contributed by atoms with Crippen LogP contribution in [0.5, 0.6) is 11.5 Å². The van der Waals surface area contributed by atoms with Crippen molar-refractivity contribution in [2.24, 2.45) is 11.8 Å². The summed E-state index contributed by atoms with van der Waals surface area (Å²) in [5, 5.41) is 12.6. The number of aromatic hydroxyl groups is 1. The number of ether oxygens (including phenoxy) is 1. The molecule has 1 saturated heterocycles. The van der Waals surface area contributed by atoms with E-state index in [0.29, 0.717) is 18.7 Å². The Kier molecular flexibility index (Phi) is 6.67. The second kappa shape index (κ2) is 9.06. The maximum Gasteiger partial charge on any atom is 0.251 e. The van der Waals surface area contributed by atoms with E-state index in [1.807, 2.05) is 13.8 Å². The lowest BCUT2D eigenvalue weighted by Gasteiger charge is -2.34. The van der Waals surface area contributed by atoms with Gasteiger partial charge in [-0.1, -0.05) is 32.0 Å². The van der Waals surface area contributed by atoms with Crippen LogP contribution in [0.2, 0.25) is 0 Å². The third kappa shape index (κ3) is 4.76. The Labute approximate surface area is 177 Å². The van der Waals surface area contributed by atoms with Gasteiger partial charge in [-0.3, -0.25) is 4.79 Å². The molecule has 3 rings (SSSR count). The Morgan fingerprint density at radius 2 is 1.83 bits per heavy atom. The van der Waals surface area contributed by atoms with Gasteiger partial charge in [-0.2, -0.15) is 4.31 Å². The fourth-order valence-electron chi connectivity index (χ4n) is 3.90. The Balaban J connectivity index is 1.86. The lowest BCUT2D eigenvalue weighted by molar-refractivity contribution is 0.0950. The van der Waals surface area contributed by atoms with Crippen LogP contribution >= 0.6 is 0 Å². The van der Waals surface area contributed by atoms with Crippen molar-refractivity contribution in [2.75, 3.05) is 20.2 Å². The third-order valence-corrected chi connectivity index (χ3v) is 7.16. The summed E-state index contributed by atoms with van der Waals surface area (Å²) in [6.45, 7) is 5.09. The van der Waals surface area contributed by atoms with Crippen molar-refractivity contribution in [3.63, 3.8) is 0 Å². The van der Waals surface area contributed by atoms with Crippen molar-refractivity contribution in [3.05, 3.63) is 53.6 Å². The number of phenols is 1. The first-order valence-electron chi connectivity index (χ1n) is 9.95. The predicted octanol–water partition coefficient (Wildman–Crippen LogP) is 3.00. The van der Waals surface area contributed by atoms with Crippen molar-refractivity contribution in [1.82, 2.24) is 9.62 Å². The summed E-state index contributed by atoms with van der Waals surface area (Å²) in [7, 11) is -2.40. The Bertz CT molecular complexity index is 1010. The van der Waals surface area contributed by atoms with Crippen LogP contribution in [0.4, 0.5) is 0 Å². The minimum Gasteiger partial charge on any atom is -0.508 e. The summed E-state index contributed by atoms with van der Waals surface area (Å²) in [5.41, 5.74) is 0.784. The highest BCUT2D eigenvalue weighted by Crippen LogP contribution is 2.32. The second-order valence-electron chi connectivity index (χ2n) is 7.95. The molecule has 0 radical (unpaired) electrons. The Hall–Kier alpha value is -2.58. The molecule has 7 nitrogen and oxygen atoms in total. The van der Waals surface area contributed by atoms with E-state index in [4.69, 9.17) is 4.74 Å². The molecule has 1 heterocycles. The van der Waals surface area contributed by atoms with Crippen LogP contribution in [-0.4, -0.2) is 43.9 Å². The largest absolute Gasteiger partial charge is 0.508 e. The van der Waals surface area contributed by atoms with Gasteiger partial charge in [0.1, 0.15) is 16.4 Å². The molecule has 2 atom stereocenters. The number of para-hydroxylation sites is 1. The molecule has 8 heteroatoms. The zero-order chi connectivity index (χ0) is 21.9. The first-order valence-corrected chi connectivity index (χ1v) is 11.4. The molecule has 0 aromatic heterocycles. The molecule has 1 amide bonds. The minimum absolute atomic E-state index is 0.0125. The number of nitrogens with one attached hydrogen (secondary N) is 1. The highest BCUT2D eigenvalue weighted by molar-refractivity contribution is 7.89. The van der Waals surface area contributed by atoms with Crippen molar-refractivity contribution in [2.45, 2.75) is 31.7 Å². The van der Waals surface area contributed by atoms with E-state index in [1.165, 1.54) is 29.6 Å². The highest BCUT2D eigenvalue weighted by Gasteiger charge is 2.34. The molecule has 2 N–H and O–H groups in total. The van der Waals surface area contributed by atoms with Gasteiger partial charge in [0.25, 0.3) is 5.91 Å². The molecule has 2 aromatic rings. The average Bonchev–Trinajstić information content (AvgIpc) is 2.71. The summed E-state index contributed by atoms with van der Waals surface area (Å²) >= 11 is 0. The molecule has 0 spiro atoms. The van der Waals surface area contributed by atoms with E-state index in [2.05, 4.69) is 5.32 Å². The van der Waals surface area contributed by atoms with E-state index in [-0.39, 0.29) is 40.3 Å². The number of methoxy groups -OCH3 is 1. The van der Waals surface area contributed by atoms with Crippen LogP contribution in [0.1, 0.15) is 36.2 Å². The van der Waals surface area contributed by atoms with Gasteiger partial charge in [0.2, 0.25) is 10.0 Å². The molecule has 1 fully saturated rings. The molecule has 2 unspecified atom stereocenters. The predicted molar refractivity (Wildman–Crippen MR) is 114 cm³/mol. The van der Waals surface area contributed by atoms with Gasteiger partial charge in [0.05, 0.1) is 7.11 Å². The molecule has 1 aliphatic rings. The Morgan fingerprint density at radius 3 is 2.47 bits per heavy atom. The number of carbonyl (C=O) groups is 1. The second-order valence-corrected chi connectivity index (χ2v) is 9.85. The number of sulfonamides is 1. The number of rotatable bonds is 6. The van der Waals surface area contributed by atoms with E-state index in [1.54, 1.807) is 24.3 Å². The van der Waals surface area contributed by atoms with Crippen LogP contribution in [0.25, 0.3) is 0 Å². The molecular formula is C22H28N2O5S. The van der Waals surface area contributed by atoms with Crippen molar-refractivity contribution >= 4 is 15.9 Å². The lowest BCUT2D eigenvalue weighted by atomic mass is 9.94. The average molecular weight is 433 g/mol. The molecule has 0 saturated carbocycles. The van der Waals surface area contributed by atoms with Crippen LogP contribution in [0.3, 0.4) is 0 Å². The van der Waals surface area contributed by atoms with Crippen LogP contribution < -0.4 is 10.1 Å². The fraction of sp³-hybridized carbons (Fsp3) is 0.409.